The number of hydrogen-bond donors (Lipinski definition) is 1. The smallest absolute Gasteiger partial charge is 0.331 e. The fourth-order valence-corrected chi connectivity index (χ4v) is 1.43. The highest BCUT2D eigenvalue weighted by molar-refractivity contribution is 5.83. The van der Waals surface area contributed by atoms with Gasteiger partial charge in [-0.05, 0) is 26.7 Å². The van der Waals surface area contributed by atoms with Crippen LogP contribution in [0, 0.1) is 11.8 Å². The quantitative estimate of drug-likeness (QED) is 0.328. The predicted molar refractivity (Wildman–Crippen MR) is 72.9 cm³/mol. The third kappa shape index (κ3) is 9.92. The summed E-state index contributed by atoms with van der Waals surface area (Å²) in [7, 11) is 0. The zero-order valence-electron chi connectivity index (χ0n) is 11.7. The van der Waals surface area contributed by atoms with E-state index in [0.717, 1.165) is 12.8 Å². The molecule has 0 aliphatic rings. The van der Waals surface area contributed by atoms with E-state index in [4.69, 9.17) is 4.74 Å². The Morgan fingerprint density at radius 3 is 2.67 bits per heavy atom. The third-order valence-corrected chi connectivity index (χ3v) is 2.39. The highest BCUT2D eigenvalue weighted by atomic mass is 16.5. The Hall–Kier alpha value is -1.27. The zero-order valence-corrected chi connectivity index (χ0v) is 11.7. The number of hydrogen-bond acceptors (Lipinski definition) is 3. The van der Waals surface area contributed by atoms with Gasteiger partial charge in [0.25, 0.3) is 0 Å². The van der Waals surface area contributed by atoms with Crippen molar-refractivity contribution in [3.8, 4) is 11.8 Å². The highest BCUT2D eigenvalue weighted by Crippen LogP contribution is 2.05. The molecule has 3 nitrogen and oxygen atoms in total. The Bertz CT molecular complexity index is 320. The van der Waals surface area contributed by atoms with Crippen LogP contribution in [0.5, 0.6) is 0 Å². The molecule has 0 aliphatic heterocycles. The van der Waals surface area contributed by atoms with E-state index in [1.54, 1.807) is 13.8 Å². The molecule has 0 amide bonds. The largest absolute Gasteiger partial charge is 0.463 e. The van der Waals surface area contributed by atoms with E-state index in [0.29, 0.717) is 18.6 Å². The Balaban J connectivity index is 4.02. The lowest BCUT2D eigenvalue weighted by atomic mass is 10.1. The van der Waals surface area contributed by atoms with Crippen LogP contribution in [0.4, 0.5) is 0 Å². The summed E-state index contributed by atoms with van der Waals surface area (Å²) in [4.78, 5) is 11.1. The van der Waals surface area contributed by atoms with Gasteiger partial charge in [0.2, 0.25) is 0 Å². The van der Waals surface area contributed by atoms with Crippen LogP contribution in [0.15, 0.2) is 11.6 Å². The maximum absolute atomic E-state index is 11.1. The number of ether oxygens (including phenoxy) is 1. The van der Waals surface area contributed by atoms with Crippen LogP contribution in [0.3, 0.4) is 0 Å². The second kappa shape index (κ2) is 10.9. The summed E-state index contributed by atoms with van der Waals surface area (Å²) in [5, 5.41) is 9.62. The molecule has 0 saturated heterocycles. The topological polar surface area (TPSA) is 46.5 Å². The van der Waals surface area contributed by atoms with Crippen LogP contribution in [-0.4, -0.2) is 23.8 Å². The Labute approximate surface area is 110 Å². The molecule has 0 rings (SSSR count). The number of unbranched alkanes of at least 4 members (excludes halogenated alkanes) is 3. The molecule has 0 aromatic rings. The molecule has 0 aromatic heterocycles. The van der Waals surface area contributed by atoms with Gasteiger partial charge < -0.3 is 9.84 Å². The van der Waals surface area contributed by atoms with Gasteiger partial charge >= 0.3 is 5.97 Å². The SMILES string of the molecule is CCCCCC[C@@H](O)C#C/C(C)=C/C(=O)OCC. The van der Waals surface area contributed by atoms with Gasteiger partial charge in [-0.3, -0.25) is 0 Å². The molecule has 0 aromatic carbocycles. The molecule has 0 aliphatic carbocycles. The second-order valence-corrected chi connectivity index (χ2v) is 4.21. The lowest BCUT2D eigenvalue weighted by Gasteiger charge is -2.02. The monoisotopic (exact) mass is 252 g/mol. The van der Waals surface area contributed by atoms with E-state index in [2.05, 4.69) is 18.8 Å². The molecule has 3 heteroatoms. The number of esters is 1. The van der Waals surface area contributed by atoms with Crippen molar-refractivity contribution in [1.29, 1.82) is 0 Å². The van der Waals surface area contributed by atoms with Crippen molar-refractivity contribution in [2.45, 2.75) is 59.0 Å². The van der Waals surface area contributed by atoms with Gasteiger partial charge in [0, 0.05) is 11.6 Å². The summed E-state index contributed by atoms with van der Waals surface area (Å²) in [5.74, 6) is 5.12. The van der Waals surface area contributed by atoms with Crippen LogP contribution in [-0.2, 0) is 9.53 Å². The van der Waals surface area contributed by atoms with Gasteiger partial charge in [-0.2, -0.15) is 0 Å². The molecule has 0 bridgehead atoms. The van der Waals surface area contributed by atoms with Gasteiger partial charge in [-0.15, -0.1) is 0 Å². The van der Waals surface area contributed by atoms with Crippen LogP contribution >= 0.6 is 0 Å². The minimum absolute atomic E-state index is 0.357. The van der Waals surface area contributed by atoms with Crippen molar-refractivity contribution in [3.63, 3.8) is 0 Å². The van der Waals surface area contributed by atoms with E-state index < -0.39 is 6.10 Å². The third-order valence-electron chi connectivity index (χ3n) is 2.39. The maximum Gasteiger partial charge on any atom is 0.331 e. The summed E-state index contributed by atoms with van der Waals surface area (Å²) in [6.45, 7) is 6.00. The molecule has 18 heavy (non-hydrogen) atoms. The number of aliphatic hydroxyl groups is 1. The molecule has 0 saturated carbocycles. The van der Waals surface area contributed by atoms with Crippen molar-refractivity contribution in [2.24, 2.45) is 0 Å². The first-order valence-electron chi connectivity index (χ1n) is 6.64. The molecule has 0 spiro atoms. The first-order chi connectivity index (χ1) is 8.60. The van der Waals surface area contributed by atoms with Gasteiger partial charge in [0.15, 0.2) is 0 Å². The molecule has 1 N–H and O–H groups in total. The molecular weight excluding hydrogens is 228 g/mol. The fourth-order valence-electron chi connectivity index (χ4n) is 1.43. The number of allylic oxidation sites excluding steroid dienone is 1. The summed E-state index contributed by atoms with van der Waals surface area (Å²) < 4.78 is 4.77. The number of carbonyl (C=O) groups excluding carboxylic acids is 1. The Morgan fingerprint density at radius 2 is 2.06 bits per heavy atom. The number of carbonyl (C=O) groups is 1. The molecule has 1 atom stereocenters. The maximum atomic E-state index is 11.1. The van der Waals surface area contributed by atoms with Crippen LogP contribution in [0.25, 0.3) is 0 Å². The molecule has 102 valence electrons. The van der Waals surface area contributed by atoms with Crippen LogP contribution in [0.2, 0.25) is 0 Å². The summed E-state index contributed by atoms with van der Waals surface area (Å²) >= 11 is 0. The number of rotatable bonds is 7. The standard InChI is InChI=1S/C15H24O3/c1-4-6-7-8-9-14(16)11-10-13(3)12-15(17)18-5-2/h12,14,16H,4-9H2,1-3H3/b13-12+/t14-/m1/s1. The van der Waals surface area contributed by atoms with Crippen LogP contribution in [0.1, 0.15) is 52.9 Å². The lowest BCUT2D eigenvalue weighted by Crippen LogP contribution is -2.03. The molecule has 0 unspecified atom stereocenters. The minimum atomic E-state index is -0.604. The summed E-state index contributed by atoms with van der Waals surface area (Å²) in [5.41, 5.74) is 0.612. The fraction of sp³-hybridized carbons (Fsp3) is 0.667. The van der Waals surface area contributed by atoms with Crippen molar-refractivity contribution < 1.29 is 14.6 Å². The first-order valence-corrected chi connectivity index (χ1v) is 6.64. The summed E-state index contributed by atoms with van der Waals surface area (Å²) in [6, 6.07) is 0. The van der Waals surface area contributed by atoms with Crippen molar-refractivity contribution in [3.05, 3.63) is 11.6 Å². The highest BCUT2D eigenvalue weighted by Gasteiger charge is 1.99. The summed E-state index contributed by atoms with van der Waals surface area (Å²) in [6.07, 6.45) is 5.94. The van der Waals surface area contributed by atoms with Gasteiger partial charge in [-0.1, -0.05) is 38.0 Å². The van der Waals surface area contributed by atoms with E-state index in [9.17, 15) is 9.90 Å². The number of aliphatic hydroxyl groups excluding tert-OH is 1. The molecule has 0 fully saturated rings. The van der Waals surface area contributed by atoms with Crippen molar-refractivity contribution in [2.75, 3.05) is 6.61 Å². The average molecular weight is 252 g/mol. The van der Waals surface area contributed by atoms with E-state index in [1.807, 2.05) is 0 Å². The van der Waals surface area contributed by atoms with E-state index >= 15 is 0 Å². The van der Waals surface area contributed by atoms with E-state index in [-0.39, 0.29) is 5.97 Å². The minimum Gasteiger partial charge on any atom is -0.463 e. The second-order valence-electron chi connectivity index (χ2n) is 4.21. The molecular formula is C15H24O3. The van der Waals surface area contributed by atoms with Crippen molar-refractivity contribution >= 4 is 5.97 Å². The average Bonchev–Trinajstić information content (AvgIpc) is 2.32. The lowest BCUT2D eigenvalue weighted by molar-refractivity contribution is -0.137. The van der Waals surface area contributed by atoms with Gasteiger partial charge in [-0.25, -0.2) is 4.79 Å². The van der Waals surface area contributed by atoms with Crippen molar-refractivity contribution in [1.82, 2.24) is 0 Å². The normalized spacial score (nSPS) is 12.6. The van der Waals surface area contributed by atoms with E-state index in [1.165, 1.54) is 18.9 Å². The van der Waals surface area contributed by atoms with Gasteiger partial charge in [0.1, 0.15) is 6.10 Å². The Kier molecular flexibility index (Phi) is 10.1. The van der Waals surface area contributed by atoms with Crippen LogP contribution < -0.4 is 0 Å². The zero-order chi connectivity index (χ0) is 13.8. The molecule has 0 radical (unpaired) electrons. The molecule has 0 heterocycles. The Morgan fingerprint density at radius 1 is 1.33 bits per heavy atom. The van der Waals surface area contributed by atoms with Gasteiger partial charge in [0.05, 0.1) is 6.61 Å². The first kappa shape index (κ1) is 16.7. The predicted octanol–water partition coefficient (Wildman–Crippen LogP) is 2.83.